The van der Waals surface area contributed by atoms with E-state index in [4.69, 9.17) is 0 Å². The van der Waals surface area contributed by atoms with Crippen molar-refractivity contribution < 1.29 is 17.6 Å². The molecule has 2 aromatic carbocycles. The largest absolute Gasteiger partial charge is 0.326 e. The summed E-state index contributed by atoms with van der Waals surface area (Å²) in [5, 5.41) is 2.68. The van der Waals surface area contributed by atoms with E-state index < -0.39 is 21.8 Å². The summed E-state index contributed by atoms with van der Waals surface area (Å²) >= 11 is 0. The predicted octanol–water partition coefficient (Wildman–Crippen LogP) is 3.31. The molecule has 27 heavy (non-hydrogen) atoms. The SMILES string of the molecule is Cc1ccccc1CS(=O)(=O)N1CCCC(C(=O)Nc2cccc(F)c2)C1. The third-order valence-electron chi connectivity index (χ3n) is 4.84. The lowest BCUT2D eigenvalue weighted by Gasteiger charge is -2.31. The molecule has 1 aliphatic heterocycles. The molecule has 1 unspecified atom stereocenters. The molecular weight excluding hydrogens is 367 g/mol. The molecule has 0 spiro atoms. The van der Waals surface area contributed by atoms with Gasteiger partial charge in [0.15, 0.2) is 0 Å². The topological polar surface area (TPSA) is 66.5 Å². The first-order valence-corrected chi connectivity index (χ1v) is 10.5. The van der Waals surface area contributed by atoms with Crippen LogP contribution in [0.15, 0.2) is 48.5 Å². The van der Waals surface area contributed by atoms with Crippen molar-refractivity contribution in [2.45, 2.75) is 25.5 Å². The molecule has 1 saturated heterocycles. The van der Waals surface area contributed by atoms with E-state index in [1.165, 1.54) is 22.5 Å². The number of carbonyl (C=O) groups is 1. The van der Waals surface area contributed by atoms with Crippen molar-refractivity contribution in [2.24, 2.45) is 5.92 Å². The number of piperidine rings is 1. The Morgan fingerprint density at radius 3 is 2.74 bits per heavy atom. The van der Waals surface area contributed by atoms with Crippen LogP contribution >= 0.6 is 0 Å². The van der Waals surface area contributed by atoms with Crippen molar-refractivity contribution in [1.29, 1.82) is 0 Å². The van der Waals surface area contributed by atoms with E-state index >= 15 is 0 Å². The molecule has 144 valence electrons. The van der Waals surface area contributed by atoms with Gasteiger partial charge in [-0.15, -0.1) is 0 Å². The second-order valence-electron chi connectivity index (χ2n) is 6.88. The Balaban J connectivity index is 1.68. The van der Waals surface area contributed by atoms with E-state index in [2.05, 4.69) is 5.32 Å². The summed E-state index contributed by atoms with van der Waals surface area (Å²) in [6.45, 7) is 2.45. The number of hydrogen-bond acceptors (Lipinski definition) is 3. The highest BCUT2D eigenvalue weighted by atomic mass is 32.2. The van der Waals surface area contributed by atoms with Crippen LogP contribution in [0.25, 0.3) is 0 Å². The van der Waals surface area contributed by atoms with Gasteiger partial charge >= 0.3 is 0 Å². The molecule has 1 aliphatic rings. The van der Waals surface area contributed by atoms with Gasteiger partial charge in [0.25, 0.3) is 0 Å². The molecule has 0 saturated carbocycles. The Bertz CT molecular complexity index is 930. The Kier molecular flexibility index (Phi) is 5.92. The third kappa shape index (κ3) is 4.93. The first kappa shape index (κ1) is 19.5. The predicted molar refractivity (Wildman–Crippen MR) is 103 cm³/mol. The van der Waals surface area contributed by atoms with Crippen LogP contribution in [0.5, 0.6) is 0 Å². The fraction of sp³-hybridized carbons (Fsp3) is 0.350. The molecule has 1 atom stereocenters. The lowest BCUT2D eigenvalue weighted by Crippen LogP contribution is -2.44. The number of benzene rings is 2. The van der Waals surface area contributed by atoms with Crippen LogP contribution in [0.4, 0.5) is 10.1 Å². The third-order valence-corrected chi connectivity index (χ3v) is 6.63. The molecule has 1 heterocycles. The second-order valence-corrected chi connectivity index (χ2v) is 8.85. The lowest BCUT2D eigenvalue weighted by atomic mass is 9.99. The van der Waals surface area contributed by atoms with E-state index in [-0.39, 0.29) is 18.2 Å². The molecule has 1 N–H and O–H groups in total. The maximum atomic E-state index is 13.3. The highest BCUT2D eigenvalue weighted by Gasteiger charge is 2.32. The number of anilines is 1. The molecule has 1 fully saturated rings. The second kappa shape index (κ2) is 8.19. The van der Waals surface area contributed by atoms with Crippen LogP contribution in [0, 0.1) is 18.7 Å². The van der Waals surface area contributed by atoms with E-state index in [0.717, 1.165) is 11.1 Å². The monoisotopic (exact) mass is 390 g/mol. The number of halogens is 1. The number of nitrogens with zero attached hydrogens (tertiary/aromatic N) is 1. The zero-order valence-electron chi connectivity index (χ0n) is 15.2. The van der Waals surface area contributed by atoms with Crippen LogP contribution in [0.2, 0.25) is 0 Å². The van der Waals surface area contributed by atoms with Gasteiger partial charge in [-0.1, -0.05) is 30.3 Å². The molecule has 3 rings (SSSR count). The summed E-state index contributed by atoms with van der Waals surface area (Å²) < 4.78 is 40.3. The number of nitrogens with one attached hydrogen (secondary N) is 1. The van der Waals surface area contributed by atoms with Crippen molar-refractivity contribution in [3.8, 4) is 0 Å². The Hall–Kier alpha value is -2.25. The van der Waals surface area contributed by atoms with Gasteiger partial charge in [-0.25, -0.2) is 17.1 Å². The van der Waals surface area contributed by atoms with Gasteiger partial charge in [-0.3, -0.25) is 4.79 Å². The molecule has 0 bridgehead atoms. The lowest BCUT2D eigenvalue weighted by molar-refractivity contribution is -0.120. The quantitative estimate of drug-likeness (QED) is 0.852. The zero-order chi connectivity index (χ0) is 19.4. The summed E-state index contributed by atoms with van der Waals surface area (Å²) in [5.41, 5.74) is 2.07. The Morgan fingerprint density at radius 1 is 1.22 bits per heavy atom. The van der Waals surface area contributed by atoms with Crippen molar-refractivity contribution in [3.05, 3.63) is 65.5 Å². The Labute approximate surface area is 159 Å². The molecule has 0 aromatic heterocycles. The van der Waals surface area contributed by atoms with Gasteiger partial charge in [-0.2, -0.15) is 0 Å². The first-order valence-electron chi connectivity index (χ1n) is 8.94. The standard InChI is InChI=1S/C20H23FN2O3S/c1-15-6-2-3-7-17(15)14-27(25,26)23-11-5-8-16(13-23)20(24)22-19-10-4-9-18(21)12-19/h2-4,6-7,9-10,12,16H,5,8,11,13-14H2,1H3,(H,22,24). The molecule has 5 nitrogen and oxygen atoms in total. The van der Waals surface area contributed by atoms with E-state index in [1.807, 2.05) is 31.2 Å². The van der Waals surface area contributed by atoms with Crippen LogP contribution in [0.3, 0.4) is 0 Å². The summed E-state index contributed by atoms with van der Waals surface area (Å²) in [5.74, 6) is -1.23. The minimum atomic E-state index is -3.51. The van der Waals surface area contributed by atoms with Gasteiger partial charge < -0.3 is 5.32 Å². The zero-order valence-corrected chi connectivity index (χ0v) is 16.0. The van der Waals surface area contributed by atoms with Crippen molar-refractivity contribution >= 4 is 21.6 Å². The Morgan fingerprint density at radius 2 is 2.00 bits per heavy atom. The van der Waals surface area contributed by atoms with E-state index in [9.17, 15) is 17.6 Å². The molecule has 0 radical (unpaired) electrons. The highest BCUT2D eigenvalue weighted by molar-refractivity contribution is 7.88. The number of rotatable bonds is 5. The van der Waals surface area contributed by atoms with Crippen molar-refractivity contribution in [3.63, 3.8) is 0 Å². The number of aryl methyl sites for hydroxylation is 1. The highest BCUT2D eigenvalue weighted by Crippen LogP contribution is 2.23. The minimum absolute atomic E-state index is 0.0715. The molecule has 7 heteroatoms. The van der Waals surface area contributed by atoms with Crippen LogP contribution < -0.4 is 5.32 Å². The normalized spacial score (nSPS) is 18.2. The summed E-state index contributed by atoms with van der Waals surface area (Å²) in [4.78, 5) is 12.5. The average Bonchev–Trinajstić information content (AvgIpc) is 2.64. The van der Waals surface area contributed by atoms with E-state index in [1.54, 1.807) is 6.07 Å². The maximum absolute atomic E-state index is 13.3. The first-order chi connectivity index (χ1) is 12.8. The van der Waals surface area contributed by atoms with Crippen molar-refractivity contribution in [2.75, 3.05) is 18.4 Å². The summed E-state index contributed by atoms with van der Waals surface area (Å²) in [7, 11) is -3.51. The van der Waals surface area contributed by atoms with Crippen LogP contribution in [-0.4, -0.2) is 31.7 Å². The number of carbonyl (C=O) groups excluding carboxylic acids is 1. The smallest absolute Gasteiger partial charge is 0.228 e. The number of sulfonamides is 1. The molecule has 2 aromatic rings. The van der Waals surface area contributed by atoms with Crippen molar-refractivity contribution in [1.82, 2.24) is 4.31 Å². The maximum Gasteiger partial charge on any atom is 0.228 e. The van der Waals surface area contributed by atoms with Crippen LogP contribution in [-0.2, 0) is 20.6 Å². The number of amides is 1. The minimum Gasteiger partial charge on any atom is -0.326 e. The number of hydrogen-bond donors (Lipinski definition) is 1. The molecular formula is C20H23FN2O3S. The van der Waals surface area contributed by atoms with Gasteiger partial charge in [0, 0.05) is 18.8 Å². The van der Waals surface area contributed by atoms with E-state index in [0.29, 0.717) is 25.1 Å². The van der Waals surface area contributed by atoms with Gasteiger partial charge in [0.05, 0.1) is 11.7 Å². The average molecular weight is 390 g/mol. The molecule has 1 amide bonds. The fourth-order valence-electron chi connectivity index (χ4n) is 3.28. The van der Waals surface area contributed by atoms with Gasteiger partial charge in [-0.05, 0) is 49.1 Å². The fourth-order valence-corrected chi connectivity index (χ4v) is 4.99. The molecule has 0 aliphatic carbocycles. The van der Waals surface area contributed by atoms with Crippen LogP contribution in [0.1, 0.15) is 24.0 Å². The van der Waals surface area contributed by atoms with Gasteiger partial charge in [0.1, 0.15) is 5.82 Å². The van der Waals surface area contributed by atoms with Gasteiger partial charge in [0.2, 0.25) is 15.9 Å². The summed E-state index contributed by atoms with van der Waals surface area (Å²) in [6, 6.07) is 13.1. The summed E-state index contributed by atoms with van der Waals surface area (Å²) in [6.07, 6.45) is 1.23.